The summed E-state index contributed by atoms with van der Waals surface area (Å²) in [7, 11) is 1.78. The predicted octanol–water partition coefficient (Wildman–Crippen LogP) is 3.65. The molecular weight excluding hydrogens is 480 g/mol. The summed E-state index contributed by atoms with van der Waals surface area (Å²) in [6, 6.07) is 11.5. The third kappa shape index (κ3) is 4.64. The van der Waals surface area contributed by atoms with Gasteiger partial charge in [0.25, 0.3) is 5.91 Å². The maximum Gasteiger partial charge on any atom is 0.337 e. The summed E-state index contributed by atoms with van der Waals surface area (Å²) in [4.78, 5) is 34.6. The number of amides is 1. The van der Waals surface area contributed by atoms with Crippen LogP contribution in [-0.4, -0.2) is 75.2 Å². The van der Waals surface area contributed by atoms with Crippen molar-refractivity contribution in [3.05, 3.63) is 75.7 Å². The molecule has 0 aliphatic carbocycles. The lowest BCUT2D eigenvalue weighted by molar-refractivity contribution is 0.0191. The highest BCUT2D eigenvalue weighted by atomic mass is 35.5. The zero-order chi connectivity index (χ0) is 25.4. The van der Waals surface area contributed by atoms with E-state index in [0.717, 1.165) is 31.6 Å². The molecule has 2 aliphatic heterocycles. The van der Waals surface area contributed by atoms with Crippen LogP contribution in [0.15, 0.2) is 42.6 Å². The highest BCUT2D eigenvalue weighted by Gasteiger charge is 2.34. The number of hydrogen-bond donors (Lipinski definition) is 1. The molecule has 1 atom stereocenters. The fourth-order valence-corrected chi connectivity index (χ4v) is 5.34. The number of ether oxygens (including phenoxy) is 1. The van der Waals surface area contributed by atoms with Crippen LogP contribution in [0.3, 0.4) is 0 Å². The van der Waals surface area contributed by atoms with E-state index in [9.17, 15) is 14.7 Å². The van der Waals surface area contributed by atoms with Crippen LogP contribution in [0.5, 0.6) is 0 Å². The van der Waals surface area contributed by atoms with E-state index in [2.05, 4.69) is 22.0 Å². The third-order valence-electron chi connectivity index (χ3n) is 7.29. The van der Waals surface area contributed by atoms with Gasteiger partial charge < -0.3 is 19.3 Å². The van der Waals surface area contributed by atoms with Crippen molar-refractivity contribution in [3.63, 3.8) is 0 Å². The largest absolute Gasteiger partial charge is 0.478 e. The summed E-state index contributed by atoms with van der Waals surface area (Å²) >= 11 is 6.31. The first-order valence-corrected chi connectivity index (χ1v) is 12.4. The third-order valence-corrected chi connectivity index (χ3v) is 7.49. The Kier molecular flexibility index (Phi) is 6.83. The number of morpholine rings is 1. The molecule has 1 unspecified atom stereocenters. The van der Waals surface area contributed by atoms with Crippen LogP contribution < -0.4 is 0 Å². The Morgan fingerprint density at radius 2 is 1.89 bits per heavy atom. The Morgan fingerprint density at radius 1 is 1.17 bits per heavy atom. The van der Waals surface area contributed by atoms with Crippen LogP contribution in [0.1, 0.15) is 37.7 Å². The minimum Gasteiger partial charge on any atom is -0.478 e. The summed E-state index contributed by atoms with van der Waals surface area (Å²) in [5.41, 5.74) is 4.54. The lowest BCUT2D eigenvalue weighted by Crippen LogP contribution is -2.52. The molecule has 4 heterocycles. The molecule has 0 bridgehead atoms. The highest BCUT2D eigenvalue weighted by molar-refractivity contribution is 6.30. The van der Waals surface area contributed by atoms with Gasteiger partial charge in [0.05, 0.1) is 29.5 Å². The van der Waals surface area contributed by atoms with Crippen LogP contribution in [-0.2, 0) is 24.8 Å². The zero-order valence-corrected chi connectivity index (χ0v) is 21.2. The summed E-state index contributed by atoms with van der Waals surface area (Å²) in [6.07, 6.45) is 2.23. The number of carbonyl (C=O) groups excluding carboxylic acids is 1. The second kappa shape index (κ2) is 10.0. The molecule has 36 heavy (non-hydrogen) atoms. The number of benzene rings is 1. The Labute approximate surface area is 215 Å². The number of rotatable bonds is 5. The molecule has 1 saturated heterocycles. The number of pyridine rings is 1. The maximum absolute atomic E-state index is 14.2. The van der Waals surface area contributed by atoms with Crippen molar-refractivity contribution in [2.24, 2.45) is 7.05 Å². The second-order valence-electron chi connectivity index (χ2n) is 9.42. The number of fused-ring (bicyclic) bond motifs is 1. The monoisotopic (exact) mass is 508 g/mol. The van der Waals surface area contributed by atoms with Crippen LogP contribution >= 0.6 is 11.6 Å². The quantitative estimate of drug-likeness (QED) is 0.566. The molecule has 1 fully saturated rings. The standard InChI is InChI=1S/C27H29ClN4O4/c1-17-22(27(34)35)13-24(30(17)2)23-12-20(28)14-29-25(23)26(33)32-15-19-6-4-3-5-18(19)11-21(32)16-31-7-9-36-10-8-31/h3-6,12-14,21H,7-11,15-16H2,1-2H3,(H,34,35). The van der Waals surface area contributed by atoms with E-state index in [1.54, 1.807) is 30.7 Å². The van der Waals surface area contributed by atoms with E-state index in [4.69, 9.17) is 16.3 Å². The van der Waals surface area contributed by atoms with Gasteiger partial charge in [0.1, 0.15) is 5.69 Å². The molecule has 188 valence electrons. The molecule has 5 rings (SSSR count). The Morgan fingerprint density at radius 3 is 2.58 bits per heavy atom. The molecule has 1 N–H and O–H groups in total. The van der Waals surface area contributed by atoms with E-state index in [0.29, 0.717) is 41.7 Å². The van der Waals surface area contributed by atoms with Gasteiger partial charge in [-0.2, -0.15) is 0 Å². The first-order chi connectivity index (χ1) is 17.3. The Balaban J connectivity index is 1.55. The summed E-state index contributed by atoms with van der Waals surface area (Å²) in [6.45, 7) is 6.04. The van der Waals surface area contributed by atoms with Crippen molar-refractivity contribution in [1.82, 2.24) is 19.4 Å². The molecule has 1 aromatic carbocycles. The van der Waals surface area contributed by atoms with Gasteiger partial charge in [-0.05, 0) is 36.6 Å². The van der Waals surface area contributed by atoms with Crippen molar-refractivity contribution in [2.45, 2.75) is 25.9 Å². The molecule has 2 aromatic heterocycles. The van der Waals surface area contributed by atoms with Crippen molar-refractivity contribution in [3.8, 4) is 11.3 Å². The lowest BCUT2D eigenvalue weighted by atomic mass is 9.92. The van der Waals surface area contributed by atoms with Crippen molar-refractivity contribution in [2.75, 3.05) is 32.8 Å². The van der Waals surface area contributed by atoms with Crippen molar-refractivity contribution in [1.29, 1.82) is 0 Å². The molecule has 1 amide bonds. The molecule has 2 aliphatic rings. The van der Waals surface area contributed by atoms with Gasteiger partial charge in [0.2, 0.25) is 0 Å². The number of halogens is 1. The van der Waals surface area contributed by atoms with Crippen LogP contribution in [0, 0.1) is 6.92 Å². The normalized spacial score (nSPS) is 18.2. The maximum atomic E-state index is 14.2. The van der Waals surface area contributed by atoms with Crippen LogP contribution in [0.2, 0.25) is 5.02 Å². The van der Waals surface area contributed by atoms with Gasteiger partial charge >= 0.3 is 5.97 Å². The van der Waals surface area contributed by atoms with Gasteiger partial charge in [-0.25, -0.2) is 9.78 Å². The van der Waals surface area contributed by atoms with E-state index >= 15 is 0 Å². The molecule has 0 saturated carbocycles. The molecular formula is C27H29ClN4O4. The minimum atomic E-state index is -1.02. The van der Waals surface area contributed by atoms with E-state index in [-0.39, 0.29) is 23.2 Å². The van der Waals surface area contributed by atoms with Gasteiger partial charge in [-0.1, -0.05) is 35.9 Å². The van der Waals surface area contributed by atoms with Crippen molar-refractivity contribution >= 4 is 23.5 Å². The number of aromatic carboxylic acids is 1. The smallest absolute Gasteiger partial charge is 0.337 e. The van der Waals surface area contributed by atoms with Gasteiger partial charge in [0, 0.05) is 56.7 Å². The number of aromatic nitrogens is 2. The van der Waals surface area contributed by atoms with E-state index in [1.165, 1.54) is 11.8 Å². The molecule has 0 spiro atoms. The average molecular weight is 509 g/mol. The summed E-state index contributed by atoms with van der Waals surface area (Å²) in [5.74, 6) is -1.21. The number of carboxylic acids is 1. The van der Waals surface area contributed by atoms with Crippen LogP contribution in [0.25, 0.3) is 11.3 Å². The fourth-order valence-electron chi connectivity index (χ4n) is 5.19. The number of carboxylic acid groups (broad SMARTS) is 1. The Bertz CT molecular complexity index is 1320. The van der Waals surface area contributed by atoms with Gasteiger partial charge in [-0.3, -0.25) is 9.69 Å². The van der Waals surface area contributed by atoms with E-state index in [1.807, 2.05) is 17.0 Å². The first-order valence-electron chi connectivity index (χ1n) is 12.1. The molecule has 9 heteroatoms. The molecule has 8 nitrogen and oxygen atoms in total. The number of carbonyl (C=O) groups is 2. The van der Waals surface area contributed by atoms with E-state index < -0.39 is 5.97 Å². The SMILES string of the molecule is Cc1c(C(=O)O)cc(-c2cc(Cl)cnc2C(=O)N2Cc3ccccc3CC2CN2CCOCC2)n1C. The number of nitrogens with zero attached hydrogens (tertiary/aromatic N) is 4. The van der Waals surface area contributed by atoms with Crippen molar-refractivity contribution < 1.29 is 19.4 Å². The van der Waals surface area contributed by atoms with Gasteiger partial charge in [0.15, 0.2) is 0 Å². The van der Waals surface area contributed by atoms with Crippen LogP contribution in [0.4, 0.5) is 0 Å². The summed E-state index contributed by atoms with van der Waals surface area (Å²) in [5, 5.41) is 10.0. The van der Waals surface area contributed by atoms with Gasteiger partial charge in [-0.15, -0.1) is 0 Å². The molecule has 3 aromatic rings. The zero-order valence-electron chi connectivity index (χ0n) is 20.4. The molecule has 0 radical (unpaired) electrons. The first kappa shape index (κ1) is 24.5. The predicted molar refractivity (Wildman–Crippen MR) is 136 cm³/mol. The average Bonchev–Trinajstić information content (AvgIpc) is 3.18. The second-order valence-corrected chi connectivity index (χ2v) is 9.85. The topological polar surface area (TPSA) is 87.9 Å². The highest BCUT2D eigenvalue weighted by Crippen LogP contribution is 2.32. The lowest BCUT2D eigenvalue weighted by Gasteiger charge is -2.40. The number of hydrogen-bond acceptors (Lipinski definition) is 5. The fraction of sp³-hybridized carbons (Fsp3) is 0.370. The Hall–Kier alpha value is -3.20. The summed E-state index contributed by atoms with van der Waals surface area (Å²) < 4.78 is 7.28. The minimum absolute atomic E-state index is 0.0273.